The van der Waals surface area contributed by atoms with Crippen LogP contribution in [0.1, 0.15) is 19.8 Å². The standard InChI is InChI=1S/C10H21NO3/c1-2-13-7-8-14-9-10(12)3-5-11-6-4-10/h11-12H,2-9H2,1H3. The van der Waals surface area contributed by atoms with Gasteiger partial charge in [0, 0.05) is 6.61 Å². The summed E-state index contributed by atoms with van der Waals surface area (Å²) in [5.41, 5.74) is -0.614. The van der Waals surface area contributed by atoms with Crippen LogP contribution in [0, 0.1) is 0 Å². The lowest BCUT2D eigenvalue weighted by atomic mass is 9.94. The largest absolute Gasteiger partial charge is 0.387 e. The Hall–Kier alpha value is -0.160. The zero-order valence-corrected chi connectivity index (χ0v) is 8.92. The Balaban J connectivity index is 2.03. The minimum atomic E-state index is -0.614. The van der Waals surface area contributed by atoms with Crippen LogP contribution in [0.3, 0.4) is 0 Å². The van der Waals surface area contributed by atoms with Crippen molar-refractivity contribution >= 4 is 0 Å². The Bertz CT molecular complexity index is 146. The molecule has 0 unspecified atom stereocenters. The molecule has 0 atom stereocenters. The first-order valence-corrected chi connectivity index (χ1v) is 5.35. The Morgan fingerprint density at radius 3 is 2.50 bits per heavy atom. The van der Waals surface area contributed by atoms with E-state index in [4.69, 9.17) is 9.47 Å². The number of hydrogen-bond donors (Lipinski definition) is 2. The number of aliphatic hydroxyl groups is 1. The van der Waals surface area contributed by atoms with E-state index < -0.39 is 5.60 Å². The lowest BCUT2D eigenvalue weighted by Crippen LogP contribution is -2.45. The summed E-state index contributed by atoms with van der Waals surface area (Å²) in [6.07, 6.45) is 1.56. The number of nitrogens with one attached hydrogen (secondary N) is 1. The lowest BCUT2D eigenvalue weighted by Gasteiger charge is -2.32. The van der Waals surface area contributed by atoms with E-state index >= 15 is 0 Å². The minimum Gasteiger partial charge on any atom is -0.387 e. The van der Waals surface area contributed by atoms with Gasteiger partial charge in [0.05, 0.1) is 25.4 Å². The molecule has 84 valence electrons. The molecule has 1 saturated heterocycles. The Kier molecular flexibility index (Phi) is 5.40. The van der Waals surface area contributed by atoms with Crippen molar-refractivity contribution in [2.24, 2.45) is 0 Å². The molecule has 0 aliphatic carbocycles. The van der Waals surface area contributed by atoms with E-state index in [0.29, 0.717) is 19.8 Å². The van der Waals surface area contributed by atoms with Crippen molar-refractivity contribution in [3.05, 3.63) is 0 Å². The molecule has 1 aliphatic rings. The zero-order chi connectivity index (χ0) is 10.3. The third-order valence-corrected chi connectivity index (χ3v) is 2.48. The van der Waals surface area contributed by atoms with Crippen LogP contribution in [0.5, 0.6) is 0 Å². The molecule has 1 aliphatic heterocycles. The smallest absolute Gasteiger partial charge is 0.0904 e. The van der Waals surface area contributed by atoms with Crippen LogP contribution in [-0.2, 0) is 9.47 Å². The fraction of sp³-hybridized carbons (Fsp3) is 1.00. The van der Waals surface area contributed by atoms with Crippen LogP contribution >= 0.6 is 0 Å². The SMILES string of the molecule is CCOCCOCC1(O)CCNCC1. The van der Waals surface area contributed by atoms with Crippen LogP contribution in [0.25, 0.3) is 0 Å². The van der Waals surface area contributed by atoms with E-state index in [0.717, 1.165) is 32.5 Å². The summed E-state index contributed by atoms with van der Waals surface area (Å²) in [6.45, 7) is 6.06. The highest BCUT2D eigenvalue weighted by Crippen LogP contribution is 2.17. The number of rotatable bonds is 6. The van der Waals surface area contributed by atoms with Crippen LogP contribution in [0.4, 0.5) is 0 Å². The molecule has 1 rings (SSSR count). The Morgan fingerprint density at radius 2 is 1.86 bits per heavy atom. The Labute approximate surface area is 85.6 Å². The van der Waals surface area contributed by atoms with Gasteiger partial charge in [-0.25, -0.2) is 0 Å². The van der Waals surface area contributed by atoms with E-state index in [9.17, 15) is 5.11 Å². The highest BCUT2D eigenvalue weighted by atomic mass is 16.5. The minimum absolute atomic E-state index is 0.432. The fourth-order valence-electron chi connectivity index (χ4n) is 1.56. The van der Waals surface area contributed by atoms with Crippen molar-refractivity contribution in [2.75, 3.05) is 39.5 Å². The molecular formula is C10H21NO3. The van der Waals surface area contributed by atoms with Gasteiger partial charge in [0.15, 0.2) is 0 Å². The molecule has 0 aromatic carbocycles. The maximum atomic E-state index is 10.0. The van der Waals surface area contributed by atoms with E-state index in [1.807, 2.05) is 6.92 Å². The fourth-order valence-corrected chi connectivity index (χ4v) is 1.56. The molecule has 0 saturated carbocycles. The van der Waals surface area contributed by atoms with E-state index in [1.165, 1.54) is 0 Å². The normalized spacial score (nSPS) is 21.0. The molecule has 14 heavy (non-hydrogen) atoms. The summed E-state index contributed by atoms with van der Waals surface area (Å²) in [5, 5.41) is 13.2. The maximum absolute atomic E-state index is 10.0. The van der Waals surface area contributed by atoms with Crippen molar-refractivity contribution in [2.45, 2.75) is 25.4 Å². The van der Waals surface area contributed by atoms with Gasteiger partial charge in [0.2, 0.25) is 0 Å². The van der Waals surface area contributed by atoms with Gasteiger partial charge in [-0.1, -0.05) is 0 Å². The van der Waals surface area contributed by atoms with Gasteiger partial charge < -0.3 is 19.9 Å². The van der Waals surface area contributed by atoms with Crippen molar-refractivity contribution in [3.63, 3.8) is 0 Å². The van der Waals surface area contributed by atoms with Crippen LogP contribution < -0.4 is 5.32 Å². The average Bonchev–Trinajstić information content (AvgIpc) is 2.18. The second-order valence-electron chi connectivity index (χ2n) is 3.72. The first-order valence-electron chi connectivity index (χ1n) is 5.35. The van der Waals surface area contributed by atoms with Crippen LogP contribution in [0.2, 0.25) is 0 Å². The predicted molar refractivity (Wildman–Crippen MR) is 54.4 cm³/mol. The number of hydrogen-bond acceptors (Lipinski definition) is 4. The molecule has 4 heteroatoms. The third kappa shape index (κ3) is 4.37. The lowest BCUT2D eigenvalue weighted by molar-refractivity contribution is -0.0728. The van der Waals surface area contributed by atoms with Crippen molar-refractivity contribution in [1.82, 2.24) is 5.32 Å². The number of ether oxygens (including phenoxy) is 2. The van der Waals surface area contributed by atoms with Gasteiger partial charge in [-0.05, 0) is 32.9 Å². The quantitative estimate of drug-likeness (QED) is 0.604. The number of piperidine rings is 1. The van der Waals surface area contributed by atoms with Crippen molar-refractivity contribution in [1.29, 1.82) is 0 Å². The van der Waals surface area contributed by atoms with Gasteiger partial charge >= 0.3 is 0 Å². The summed E-state index contributed by atoms with van der Waals surface area (Å²) < 4.78 is 10.5. The summed E-state index contributed by atoms with van der Waals surface area (Å²) in [5.74, 6) is 0. The average molecular weight is 203 g/mol. The highest BCUT2D eigenvalue weighted by molar-refractivity contribution is 4.83. The Morgan fingerprint density at radius 1 is 1.21 bits per heavy atom. The maximum Gasteiger partial charge on any atom is 0.0904 e. The van der Waals surface area contributed by atoms with E-state index in [-0.39, 0.29) is 0 Å². The van der Waals surface area contributed by atoms with E-state index in [2.05, 4.69) is 5.32 Å². The predicted octanol–water partition coefficient (Wildman–Crippen LogP) is 0.154. The van der Waals surface area contributed by atoms with Gasteiger partial charge in [-0.15, -0.1) is 0 Å². The van der Waals surface area contributed by atoms with E-state index in [1.54, 1.807) is 0 Å². The molecule has 0 radical (unpaired) electrons. The summed E-state index contributed by atoms with van der Waals surface area (Å²) in [6, 6.07) is 0. The molecule has 1 heterocycles. The van der Waals surface area contributed by atoms with Crippen molar-refractivity contribution < 1.29 is 14.6 Å². The molecular weight excluding hydrogens is 182 g/mol. The topological polar surface area (TPSA) is 50.7 Å². The summed E-state index contributed by atoms with van der Waals surface area (Å²) >= 11 is 0. The first-order chi connectivity index (χ1) is 6.77. The second-order valence-corrected chi connectivity index (χ2v) is 3.72. The molecule has 0 bridgehead atoms. The molecule has 0 aromatic rings. The van der Waals surface area contributed by atoms with Gasteiger partial charge in [0.1, 0.15) is 0 Å². The third-order valence-electron chi connectivity index (χ3n) is 2.48. The van der Waals surface area contributed by atoms with Gasteiger partial charge in [-0.3, -0.25) is 0 Å². The molecule has 2 N–H and O–H groups in total. The summed E-state index contributed by atoms with van der Waals surface area (Å²) in [4.78, 5) is 0. The van der Waals surface area contributed by atoms with Crippen LogP contribution in [0.15, 0.2) is 0 Å². The second kappa shape index (κ2) is 6.35. The molecule has 0 spiro atoms. The molecule has 0 amide bonds. The zero-order valence-electron chi connectivity index (χ0n) is 8.92. The van der Waals surface area contributed by atoms with Crippen molar-refractivity contribution in [3.8, 4) is 0 Å². The van der Waals surface area contributed by atoms with Crippen LogP contribution in [-0.4, -0.2) is 50.2 Å². The molecule has 4 nitrogen and oxygen atoms in total. The van der Waals surface area contributed by atoms with Gasteiger partial charge in [0.25, 0.3) is 0 Å². The van der Waals surface area contributed by atoms with Gasteiger partial charge in [-0.2, -0.15) is 0 Å². The summed E-state index contributed by atoms with van der Waals surface area (Å²) in [7, 11) is 0. The molecule has 0 aromatic heterocycles. The molecule has 1 fully saturated rings. The monoisotopic (exact) mass is 203 g/mol. The highest BCUT2D eigenvalue weighted by Gasteiger charge is 2.28. The first kappa shape index (κ1) is 11.9.